The van der Waals surface area contributed by atoms with Gasteiger partial charge in [-0.1, -0.05) is 6.08 Å². The first-order valence-electron chi connectivity index (χ1n) is 5.24. The van der Waals surface area contributed by atoms with Gasteiger partial charge in [-0.15, -0.1) is 6.58 Å². The van der Waals surface area contributed by atoms with Gasteiger partial charge in [0, 0.05) is 6.42 Å². The van der Waals surface area contributed by atoms with Crippen molar-refractivity contribution in [1.29, 1.82) is 0 Å². The Labute approximate surface area is 99.9 Å². The highest BCUT2D eigenvalue weighted by Gasteiger charge is 2.15. The molecule has 0 spiro atoms. The van der Waals surface area contributed by atoms with E-state index in [1.807, 2.05) is 6.92 Å². The van der Waals surface area contributed by atoms with Crippen molar-refractivity contribution in [2.24, 2.45) is 0 Å². The van der Waals surface area contributed by atoms with Crippen molar-refractivity contribution in [2.75, 3.05) is 7.11 Å². The zero-order valence-electron chi connectivity index (χ0n) is 9.90. The second kappa shape index (κ2) is 6.03. The maximum atomic E-state index is 13.0. The minimum atomic E-state index is -0.620. The molecule has 4 heteroatoms. The molecule has 0 saturated carbocycles. The minimum Gasteiger partial charge on any atom is -0.489 e. The number of esters is 1. The van der Waals surface area contributed by atoms with E-state index < -0.39 is 11.8 Å². The Balaban J connectivity index is 2.97. The van der Waals surface area contributed by atoms with Gasteiger partial charge in [0.05, 0.1) is 13.2 Å². The maximum Gasteiger partial charge on any atom is 0.341 e. The van der Waals surface area contributed by atoms with E-state index in [4.69, 9.17) is 4.74 Å². The summed E-state index contributed by atoms with van der Waals surface area (Å²) in [7, 11) is 1.24. The first-order chi connectivity index (χ1) is 8.08. The molecule has 0 aromatic heterocycles. The van der Waals surface area contributed by atoms with Gasteiger partial charge in [0.25, 0.3) is 0 Å². The Hall–Kier alpha value is -1.84. The van der Waals surface area contributed by atoms with E-state index in [0.717, 1.165) is 6.07 Å². The van der Waals surface area contributed by atoms with E-state index in [2.05, 4.69) is 11.3 Å². The van der Waals surface area contributed by atoms with Crippen LogP contribution in [0.4, 0.5) is 4.39 Å². The molecule has 3 nitrogen and oxygen atoms in total. The maximum absolute atomic E-state index is 13.0. The molecule has 1 rings (SSSR count). The molecule has 0 bridgehead atoms. The molecule has 17 heavy (non-hydrogen) atoms. The Bertz CT molecular complexity index is 415. The first kappa shape index (κ1) is 13.2. The van der Waals surface area contributed by atoms with E-state index in [0.29, 0.717) is 12.2 Å². The summed E-state index contributed by atoms with van der Waals surface area (Å²) < 4.78 is 23.1. The predicted molar refractivity (Wildman–Crippen MR) is 62.6 cm³/mol. The number of carbonyl (C=O) groups excluding carboxylic acids is 1. The molecule has 0 aliphatic rings. The van der Waals surface area contributed by atoms with E-state index in [1.165, 1.54) is 19.2 Å². The molecule has 1 atom stereocenters. The van der Waals surface area contributed by atoms with Crippen LogP contribution in [0.3, 0.4) is 0 Å². The Morgan fingerprint density at radius 1 is 1.59 bits per heavy atom. The van der Waals surface area contributed by atoms with Gasteiger partial charge < -0.3 is 9.47 Å². The highest BCUT2D eigenvalue weighted by Crippen LogP contribution is 2.22. The van der Waals surface area contributed by atoms with Crippen LogP contribution in [0.1, 0.15) is 23.7 Å². The van der Waals surface area contributed by atoms with Crippen molar-refractivity contribution in [3.63, 3.8) is 0 Å². The molecule has 1 unspecified atom stereocenters. The molecule has 0 fully saturated rings. The zero-order valence-corrected chi connectivity index (χ0v) is 9.90. The monoisotopic (exact) mass is 238 g/mol. The number of rotatable bonds is 5. The Morgan fingerprint density at radius 2 is 2.29 bits per heavy atom. The lowest BCUT2D eigenvalue weighted by Gasteiger charge is -2.15. The Kier molecular flexibility index (Phi) is 4.69. The number of halogens is 1. The van der Waals surface area contributed by atoms with Crippen LogP contribution in [-0.4, -0.2) is 19.2 Å². The molecule has 1 aromatic carbocycles. The molecule has 0 amide bonds. The standard InChI is InChI=1S/C13H15FO3/c1-4-5-9(2)17-12-7-6-10(14)8-11(12)13(15)16-3/h4,6-9H,1,5H2,2-3H3. The van der Waals surface area contributed by atoms with Gasteiger partial charge in [-0.05, 0) is 25.1 Å². The van der Waals surface area contributed by atoms with Crippen molar-refractivity contribution in [2.45, 2.75) is 19.4 Å². The van der Waals surface area contributed by atoms with Crippen LogP contribution < -0.4 is 4.74 Å². The van der Waals surface area contributed by atoms with Crippen LogP contribution in [0.15, 0.2) is 30.9 Å². The summed E-state index contributed by atoms with van der Waals surface area (Å²) in [6.07, 6.45) is 2.21. The second-order valence-corrected chi connectivity index (χ2v) is 3.58. The summed E-state index contributed by atoms with van der Waals surface area (Å²) in [6.45, 7) is 5.44. The second-order valence-electron chi connectivity index (χ2n) is 3.58. The molecule has 0 saturated heterocycles. The van der Waals surface area contributed by atoms with Crippen molar-refractivity contribution >= 4 is 5.97 Å². The number of hydrogen-bond donors (Lipinski definition) is 0. The fourth-order valence-electron chi connectivity index (χ4n) is 1.37. The van der Waals surface area contributed by atoms with Crippen LogP contribution >= 0.6 is 0 Å². The van der Waals surface area contributed by atoms with Crippen molar-refractivity contribution in [1.82, 2.24) is 0 Å². The zero-order chi connectivity index (χ0) is 12.8. The largest absolute Gasteiger partial charge is 0.489 e. The number of ether oxygens (including phenoxy) is 2. The summed E-state index contributed by atoms with van der Waals surface area (Å²) >= 11 is 0. The average molecular weight is 238 g/mol. The summed E-state index contributed by atoms with van der Waals surface area (Å²) in [5.41, 5.74) is 0.0865. The van der Waals surface area contributed by atoms with Gasteiger partial charge >= 0.3 is 5.97 Å². The summed E-state index contributed by atoms with van der Waals surface area (Å²) in [6, 6.07) is 3.76. The summed E-state index contributed by atoms with van der Waals surface area (Å²) in [5.74, 6) is -0.813. The van der Waals surface area contributed by atoms with E-state index in [9.17, 15) is 9.18 Å². The first-order valence-corrected chi connectivity index (χ1v) is 5.24. The van der Waals surface area contributed by atoms with Gasteiger partial charge in [0.1, 0.15) is 17.1 Å². The molecular weight excluding hydrogens is 223 g/mol. The lowest BCUT2D eigenvalue weighted by atomic mass is 10.2. The fraction of sp³-hybridized carbons (Fsp3) is 0.308. The van der Waals surface area contributed by atoms with E-state index in [-0.39, 0.29) is 11.7 Å². The molecular formula is C13H15FO3. The van der Waals surface area contributed by atoms with E-state index >= 15 is 0 Å². The smallest absolute Gasteiger partial charge is 0.341 e. The number of benzene rings is 1. The number of hydrogen-bond acceptors (Lipinski definition) is 3. The molecule has 0 radical (unpaired) electrons. The lowest BCUT2D eigenvalue weighted by molar-refractivity contribution is 0.0593. The van der Waals surface area contributed by atoms with Crippen molar-refractivity contribution in [3.8, 4) is 5.75 Å². The third kappa shape index (κ3) is 3.59. The van der Waals surface area contributed by atoms with Gasteiger partial charge in [0.2, 0.25) is 0 Å². The van der Waals surface area contributed by atoms with Crippen LogP contribution in [0, 0.1) is 5.82 Å². The Morgan fingerprint density at radius 3 is 2.88 bits per heavy atom. The van der Waals surface area contributed by atoms with Crippen LogP contribution in [0.5, 0.6) is 5.75 Å². The minimum absolute atomic E-state index is 0.0865. The third-order valence-corrected chi connectivity index (χ3v) is 2.17. The quantitative estimate of drug-likeness (QED) is 0.584. The third-order valence-electron chi connectivity index (χ3n) is 2.17. The molecule has 0 heterocycles. The summed E-state index contributed by atoms with van der Waals surface area (Å²) in [4.78, 5) is 11.4. The SMILES string of the molecule is C=CCC(C)Oc1ccc(F)cc1C(=O)OC. The van der Waals surface area contributed by atoms with Gasteiger partial charge in [-0.2, -0.15) is 0 Å². The van der Waals surface area contributed by atoms with Crippen molar-refractivity contribution in [3.05, 3.63) is 42.2 Å². The lowest BCUT2D eigenvalue weighted by Crippen LogP contribution is -2.14. The molecule has 92 valence electrons. The normalized spacial score (nSPS) is 11.7. The molecule has 0 aliphatic carbocycles. The van der Waals surface area contributed by atoms with Gasteiger partial charge in [-0.25, -0.2) is 9.18 Å². The van der Waals surface area contributed by atoms with Crippen LogP contribution in [-0.2, 0) is 4.74 Å². The summed E-state index contributed by atoms with van der Waals surface area (Å²) in [5, 5.41) is 0. The topological polar surface area (TPSA) is 35.5 Å². The molecule has 0 aliphatic heterocycles. The number of carbonyl (C=O) groups is 1. The molecule has 1 aromatic rings. The average Bonchev–Trinajstić information content (AvgIpc) is 2.30. The van der Waals surface area contributed by atoms with Gasteiger partial charge in [-0.3, -0.25) is 0 Å². The van der Waals surface area contributed by atoms with Crippen molar-refractivity contribution < 1.29 is 18.7 Å². The van der Waals surface area contributed by atoms with Gasteiger partial charge in [0.15, 0.2) is 0 Å². The molecule has 0 N–H and O–H groups in total. The number of methoxy groups -OCH3 is 1. The van der Waals surface area contributed by atoms with Crippen LogP contribution in [0.2, 0.25) is 0 Å². The highest BCUT2D eigenvalue weighted by atomic mass is 19.1. The predicted octanol–water partition coefficient (Wildman–Crippen LogP) is 2.96. The van der Waals surface area contributed by atoms with E-state index in [1.54, 1.807) is 6.08 Å². The van der Waals surface area contributed by atoms with Crippen LogP contribution in [0.25, 0.3) is 0 Å². The highest BCUT2D eigenvalue weighted by molar-refractivity contribution is 5.92. The fourth-order valence-corrected chi connectivity index (χ4v) is 1.37.